The van der Waals surface area contributed by atoms with Crippen LogP contribution in [0.5, 0.6) is 0 Å². The van der Waals surface area contributed by atoms with Crippen molar-refractivity contribution in [2.24, 2.45) is 0 Å². The summed E-state index contributed by atoms with van der Waals surface area (Å²) in [6.07, 6.45) is -3.86. The number of quaternary nitrogens is 1. The van der Waals surface area contributed by atoms with Gasteiger partial charge in [-0.2, -0.15) is 13.2 Å². The first-order valence-electron chi connectivity index (χ1n) is 2.50. The van der Waals surface area contributed by atoms with E-state index in [0.717, 1.165) is 0 Å². The molecule has 2 nitrogen and oxygen atoms in total. The molecule has 0 aliphatic carbocycles. The number of nitrogens with one attached hydrogen (secondary N) is 1. The molecule has 0 unspecified atom stereocenters. The van der Waals surface area contributed by atoms with Crippen molar-refractivity contribution in [2.75, 3.05) is 0 Å². The number of hydrogen-bond acceptors (Lipinski definition) is 1. The van der Waals surface area contributed by atoms with Crippen molar-refractivity contribution in [1.29, 1.82) is 5.41 Å². The highest BCUT2D eigenvalue weighted by atomic mass is 127. The molecular formula is C5H8F3IN2. The van der Waals surface area contributed by atoms with Gasteiger partial charge in [0.15, 0.2) is 0 Å². The average Bonchev–Trinajstić information content (AvgIpc) is 1.60. The maximum atomic E-state index is 11.5. The summed E-state index contributed by atoms with van der Waals surface area (Å²) in [5, 5.41) is 6.43. The quantitative estimate of drug-likeness (QED) is 0.402. The molecule has 0 saturated heterocycles. The zero-order valence-corrected chi connectivity index (χ0v) is 7.95. The maximum Gasteiger partial charge on any atom is 0.432 e. The van der Waals surface area contributed by atoms with Crippen LogP contribution in [0.2, 0.25) is 0 Å². The van der Waals surface area contributed by atoms with E-state index >= 15 is 0 Å². The Balaban J connectivity index is 0. The highest BCUT2D eigenvalue weighted by Crippen LogP contribution is 2.16. The highest BCUT2D eigenvalue weighted by Gasteiger charge is 2.32. The molecule has 4 N–H and O–H groups in total. The molecule has 11 heavy (non-hydrogen) atoms. The maximum absolute atomic E-state index is 11.5. The lowest BCUT2D eigenvalue weighted by atomic mass is 10.3. The molecule has 66 valence electrons. The number of rotatable bonds is 1. The van der Waals surface area contributed by atoms with Crippen LogP contribution in [0.1, 0.15) is 6.92 Å². The second kappa shape index (κ2) is 4.70. The number of alkyl halides is 3. The third-order valence-electron chi connectivity index (χ3n) is 0.696. The Morgan fingerprint density at radius 2 is 1.82 bits per heavy atom. The van der Waals surface area contributed by atoms with E-state index in [1.54, 1.807) is 0 Å². The minimum absolute atomic E-state index is 0. The molecule has 0 fully saturated rings. The molecule has 0 heterocycles. The van der Waals surface area contributed by atoms with Gasteiger partial charge in [0.2, 0.25) is 0 Å². The van der Waals surface area contributed by atoms with Gasteiger partial charge in [-0.15, -0.1) is 0 Å². The third-order valence-corrected chi connectivity index (χ3v) is 0.696. The SMILES string of the molecule is CC([NH3+])=CC(=N)C(F)(F)F.[I-]. The lowest BCUT2D eigenvalue weighted by Gasteiger charge is -2.01. The van der Waals surface area contributed by atoms with Crippen LogP contribution in [0.25, 0.3) is 0 Å². The van der Waals surface area contributed by atoms with Gasteiger partial charge in [-0.1, -0.05) is 0 Å². The Bertz CT molecular complexity index is 169. The molecule has 0 saturated carbocycles. The van der Waals surface area contributed by atoms with E-state index in [2.05, 4.69) is 5.73 Å². The molecular weight excluding hydrogens is 272 g/mol. The molecule has 0 aliphatic heterocycles. The summed E-state index contributed by atoms with van der Waals surface area (Å²) in [4.78, 5) is 0. The van der Waals surface area contributed by atoms with Crippen LogP contribution >= 0.6 is 0 Å². The molecule has 0 bridgehead atoms. The van der Waals surface area contributed by atoms with Crippen LogP contribution in [0.3, 0.4) is 0 Å². The molecule has 0 aromatic heterocycles. The zero-order chi connectivity index (χ0) is 8.36. The van der Waals surface area contributed by atoms with Crippen molar-refractivity contribution >= 4 is 5.71 Å². The summed E-state index contributed by atoms with van der Waals surface area (Å²) in [6, 6.07) is 0. The Hall–Kier alpha value is -0.110. The van der Waals surface area contributed by atoms with Crippen molar-refractivity contribution in [1.82, 2.24) is 0 Å². The fourth-order valence-corrected chi connectivity index (χ4v) is 0.328. The van der Waals surface area contributed by atoms with Gasteiger partial charge in [0.25, 0.3) is 0 Å². The van der Waals surface area contributed by atoms with E-state index in [1.807, 2.05) is 0 Å². The zero-order valence-electron chi connectivity index (χ0n) is 5.80. The number of halogens is 4. The van der Waals surface area contributed by atoms with Gasteiger partial charge in [-0.25, -0.2) is 0 Å². The monoisotopic (exact) mass is 280 g/mol. The van der Waals surface area contributed by atoms with E-state index < -0.39 is 11.9 Å². The average molecular weight is 280 g/mol. The Labute approximate surface area is 79.2 Å². The van der Waals surface area contributed by atoms with Crippen LogP contribution in [0.4, 0.5) is 13.2 Å². The van der Waals surface area contributed by atoms with Crippen LogP contribution in [0.15, 0.2) is 11.8 Å². The molecule has 0 aliphatic rings. The van der Waals surface area contributed by atoms with Gasteiger partial charge in [0.1, 0.15) is 11.4 Å². The van der Waals surface area contributed by atoms with Gasteiger partial charge in [-0.3, -0.25) is 5.41 Å². The normalized spacial score (nSPS) is 12.3. The summed E-state index contributed by atoms with van der Waals surface area (Å²) in [5.74, 6) is 0. The van der Waals surface area contributed by atoms with E-state index in [-0.39, 0.29) is 29.7 Å². The van der Waals surface area contributed by atoms with Crippen molar-refractivity contribution < 1.29 is 42.9 Å². The Kier molecular flexibility index (Phi) is 5.76. The summed E-state index contributed by atoms with van der Waals surface area (Å²) >= 11 is 0. The Morgan fingerprint density at radius 3 is 1.91 bits per heavy atom. The standard InChI is InChI=1S/C5H7F3N2.HI/c1-3(9)2-4(10)5(6,7)8;/h2,10H,9H2,1H3;1H. The molecule has 0 radical (unpaired) electrons. The third kappa shape index (κ3) is 6.29. The predicted molar refractivity (Wildman–Crippen MR) is 30.4 cm³/mol. The van der Waals surface area contributed by atoms with Crippen LogP contribution in [-0.2, 0) is 0 Å². The smallest absolute Gasteiger partial charge is 0.432 e. The van der Waals surface area contributed by atoms with Crippen LogP contribution in [0, 0.1) is 5.41 Å². The number of allylic oxidation sites excluding steroid dienone is 2. The number of hydrogen-bond donors (Lipinski definition) is 2. The van der Waals surface area contributed by atoms with Crippen LogP contribution in [-0.4, -0.2) is 11.9 Å². The molecule has 6 heteroatoms. The van der Waals surface area contributed by atoms with Crippen molar-refractivity contribution in [2.45, 2.75) is 13.1 Å². The van der Waals surface area contributed by atoms with Crippen LogP contribution < -0.4 is 29.7 Å². The molecule has 0 rings (SSSR count). The fraction of sp³-hybridized carbons (Fsp3) is 0.400. The predicted octanol–water partition coefficient (Wildman–Crippen LogP) is -2.28. The van der Waals surface area contributed by atoms with Crippen molar-refractivity contribution in [3.05, 3.63) is 11.8 Å². The minimum atomic E-state index is -4.54. The molecule has 0 aromatic rings. The molecule has 0 spiro atoms. The van der Waals surface area contributed by atoms with Crippen molar-refractivity contribution in [3.8, 4) is 0 Å². The Morgan fingerprint density at radius 1 is 1.45 bits per heavy atom. The first-order chi connectivity index (χ1) is 4.34. The van der Waals surface area contributed by atoms with E-state index in [1.165, 1.54) is 6.92 Å². The van der Waals surface area contributed by atoms with E-state index in [4.69, 9.17) is 5.41 Å². The van der Waals surface area contributed by atoms with Gasteiger partial charge < -0.3 is 29.7 Å². The molecule has 0 amide bonds. The van der Waals surface area contributed by atoms with Crippen molar-refractivity contribution in [3.63, 3.8) is 0 Å². The summed E-state index contributed by atoms with van der Waals surface area (Å²) in [6.45, 7) is 1.40. The topological polar surface area (TPSA) is 51.5 Å². The lowest BCUT2D eigenvalue weighted by molar-refractivity contribution is -0.301. The summed E-state index contributed by atoms with van der Waals surface area (Å²) < 4.78 is 34.5. The second-order valence-electron chi connectivity index (χ2n) is 1.90. The minimum Gasteiger partial charge on any atom is -1.00 e. The van der Waals surface area contributed by atoms with Gasteiger partial charge >= 0.3 is 6.18 Å². The van der Waals surface area contributed by atoms with Gasteiger partial charge in [0.05, 0.1) is 0 Å². The van der Waals surface area contributed by atoms with E-state index in [0.29, 0.717) is 6.08 Å². The summed E-state index contributed by atoms with van der Waals surface area (Å²) in [7, 11) is 0. The lowest BCUT2D eigenvalue weighted by Crippen LogP contribution is -3.00. The van der Waals surface area contributed by atoms with Gasteiger partial charge in [-0.05, 0) is 0 Å². The molecule has 0 atom stereocenters. The van der Waals surface area contributed by atoms with Gasteiger partial charge in [0, 0.05) is 13.0 Å². The molecule has 0 aromatic carbocycles. The largest absolute Gasteiger partial charge is 1.00 e. The summed E-state index contributed by atoms with van der Waals surface area (Å²) in [5.41, 5.74) is 2.08. The highest BCUT2D eigenvalue weighted by molar-refractivity contribution is 5.96. The first kappa shape index (κ1) is 13.5. The van der Waals surface area contributed by atoms with E-state index in [9.17, 15) is 13.2 Å². The fourth-order valence-electron chi connectivity index (χ4n) is 0.328. The second-order valence-corrected chi connectivity index (χ2v) is 1.90. The first-order valence-corrected chi connectivity index (χ1v) is 2.50.